The Morgan fingerprint density at radius 3 is 2.83 bits per heavy atom. The lowest BCUT2D eigenvalue weighted by Gasteiger charge is -2.01. The van der Waals surface area contributed by atoms with E-state index in [9.17, 15) is 13.2 Å². The molecule has 0 fully saturated rings. The normalized spacial score (nSPS) is 11.6. The highest BCUT2D eigenvalue weighted by atomic mass is 32.2. The lowest BCUT2D eigenvalue weighted by molar-refractivity contribution is 0.109. The Hall–Kier alpha value is -1.51. The van der Waals surface area contributed by atoms with Gasteiger partial charge in [-0.3, -0.25) is 4.79 Å². The fourth-order valence-corrected chi connectivity index (χ4v) is 2.82. The highest BCUT2D eigenvalue weighted by molar-refractivity contribution is 7.89. The average Bonchev–Trinajstić information content (AvgIpc) is 2.95. The predicted octanol–water partition coefficient (Wildman–Crippen LogP) is 1.34. The number of hydrogen-bond donors (Lipinski definition) is 1. The summed E-state index contributed by atoms with van der Waals surface area (Å²) in [6.07, 6.45) is 0.447. The first kappa shape index (κ1) is 12.9. The van der Waals surface area contributed by atoms with Gasteiger partial charge in [-0.05, 0) is 19.1 Å². The summed E-state index contributed by atoms with van der Waals surface area (Å²) >= 11 is 1.44. The zero-order chi connectivity index (χ0) is 13.2. The fourth-order valence-electron chi connectivity index (χ4n) is 1.27. The molecule has 0 saturated carbocycles. The molecule has 0 aliphatic carbocycles. The van der Waals surface area contributed by atoms with Gasteiger partial charge in [0.15, 0.2) is 12.0 Å². The van der Waals surface area contributed by atoms with Crippen molar-refractivity contribution in [1.29, 1.82) is 0 Å². The highest BCUT2D eigenvalue weighted by Gasteiger charge is 2.18. The number of furan rings is 1. The first-order chi connectivity index (χ1) is 8.51. The van der Waals surface area contributed by atoms with E-state index in [2.05, 4.69) is 9.71 Å². The number of aryl methyl sites for hydroxylation is 1. The second-order valence-electron chi connectivity index (χ2n) is 3.46. The molecule has 0 amide bonds. The standard InChI is InChI=1S/C10H10N2O4S2/c1-7-12-8(6-17-7)4-11-18(14,15)10-3-2-9(5-13)16-10/h2-3,5-6,11H,4H2,1H3. The van der Waals surface area contributed by atoms with Crippen LogP contribution in [0.4, 0.5) is 0 Å². The molecule has 0 saturated heterocycles. The van der Waals surface area contributed by atoms with Crippen LogP contribution in [0, 0.1) is 6.92 Å². The summed E-state index contributed by atoms with van der Waals surface area (Å²) in [6, 6.07) is 2.53. The third-order valence-corrected chi connectivity index (χ3v) is 4.19. The molecule has 96 valence electrons. The Morgan fingerprint density at radius 2 is 2.28 bits per heavy atom. The number of carbonyl (C=O) groups excluding carboxylic acids is 1. The maximum atomic E-state index is 11.8. The second-order valence-corrected chi connectivity index (χ2v) is 6.22. The van der Waals surface area contributed by atoms with Crippen LogP contribution in [0.2, 0.25) is 0 Å². The third-order valence-electron chi connectivity index (χ3n) is 2.09. The van der Waals surface area contributed by atoms with Crippen molar-refractivity contribution < 1.29 is 17.6 Å². The molecule has 0 aliphatic rings. The molecule has 0 spiro atoms. The summed E-state index contributed by atoms with van der Waals surface area (Å²) in [4.78, 5) is 14.5. The number of aldehydes is 1. The Bertz CT molecular complexity index is 657. The number of nitrogens with zero attached hydrogens (tertiary/aromatic N) is 1. The Morgan fingerprint density at radius 1 is 1.50 bits per heavy atom. The topological polar surface area (TPSA) is 89.3 Å². The van der Waals surface area contributed by atoms with Crippen molar-refractivity contribution in [2.45, 2.75) is 18.6 Å². The quantitative estimate of drug-likeness (QED) is 0.838. The molecule has 1 N–H and O–H groups in total. The van der Waals surface area contributed by atoms with Gasteiger partial charge in [0, 0.05) is 5.38 Å². The van der Waals surface area contributed by atoms with Gasteiger partial charge in [0.05, 0.1) is 17.2 Å². The molecule has 2 rings (SSSR count). The van der Waals surface area contributed by atoms with Crippen molar-refractivity contribution in [3.8, 4) is 0 Å². The molecule has 0 unspecified atom stereocenters. The molecular weight excluding hydrogens is 276 g/mol. The molecule has 6 nitrogen and oxygen atoms in total. The minimum Gasteiger partial charge on any atom is -0.440 e. The lowest BCUT2D eigenvalue weighted by atomic mass is 10.5. The molecular formula is C10H10N2O4S2. The highest BCUT2D eigenvalue weighted by Crippen LogP contribution is 2.13. The van der Waals surface area contributed by atoms with Gasteiger partial charge in [-0.1, -0.05) is 0 Å². The summed E-state index contributed by atoms with van der Waals surface area (Å²) in [6.45, 7) is 1.93. The largest absolute Gasteiger partial charge is 0.440 e. The first-order valence-electron chi connectivity index (χ1n) is 4.97. The molecule has 18 heavy (non-hydrogen) atoms. The van der Waals surface area contributed by atoms with E-state index in [0.29, 0.717) is 12.0 Å². The smallest absolute Gasteiger partial charge is 0.274 e. The molecule has 0 aliphatic heterocycles. The number of rotatable bonds is 5. The monoisotopic (exact) mass is 286 g/mol. The van der Waals surface area contributed by atoms with Gasteiger partial charge in [0.1, 0.15) is 0 Å². The maximum Gasteiger partial charge on any atom is 0.274 e. The van der Waals surface area contributed by atoms with Gasteiger partial charge in [-0.25, -0.2) is 18.1 Å². The van der Waals surface area contributed by atoms with Gasteiger partial charge in [-0.2, -0.15) is 0 Å². The van der Waals surface area contributed by atoms with Crippen molar-refractivity contribution in [3.63, 3.8) is 0 Å². The van der Waals surface area contributed by atoms with Crippen LogP contribution in [0.3, 0.4) is 0 Å². The van der Waals surface area contributed by atoms with Gasteiger partial charge in [-0.15, -0.1) is 11.3 Å². The van der Waals surface area contributed by atoms with Crippen LogP contribution in [0.15, 0.2) is 27.0 Å². The number of aromatic nitrogens is 1. The second kappa shape index (κ2) is 5.01. The SMILES string of the molecule is Cc1nc(CNS(=O)(=O)c2ccc(C=O)o2)cs1. The molecule has 2 heterocycles. The van der Waals surface area contributed by atoms with E-state index in [4.69, 9.17) is 4.42 Å². The van der Waals surface area contributed by atoms with Crippen molar-refractivity contribution in [2.75, 3.05) is 0 Å². The lowest BCUT2D eigenvalue weighted by Crippen LogP contribution is -2.22. The van der Waals surface area contributed by atoms with Crippen molar-refractivity contribution >= 4 is 27.6 Å². The number of thiazole rings is 1. The van der Waals surface area contributed by atoms with Crippen LogP contribution in [0.25, 0.3) is 0 Å². The zero-order valence-corrected chi connectivity index (χ0v) is 11.0. The predicted molar refractivity (Wildman–Crippen MR) is 65.0 cm³/mol. The van der Waals surface area contributed by atoms with Crippen LogP contribution in [-0.4, -0.2) is 19.7 Å². The van der Waals surface area contributed by atoms with Crippen LogP contribution in [0.1, 0.15) is 21.3 Å². The van der Waals surface area contributed by atoms with E-state index >= 15 is 0 Å². The first-order valence-corrected chi connectivity index (χ1v) is 7.33. The van der Waals surface area contributed by atoms with E-state index in [1.165, 1.54) is 23.5 Å². The summed E-state index contributed by atoms with van der Waals surface area (Å²) in [5, 5.41) is 2.36. The Labute approximate surface area is 108 Å². The van der Waals surface area contributed by atoms with E-state index in [0.717, 1.165) is 5.01 Å². The zero-order valence-electron chi connectivity index (χ0n) is 9.41. The van der Waals surface area contributed by atoms with Gasteiger partial charge >= 0.3 is 0 Å². The third kappa shape index (κ3) is 2.84. The molecule has 2 aromatic heterocycles. The molecule has 2 aromatic rings. The van der Waals surface area contributed by atoms with Crippen molar-refractivity contribution in [1.82, 2.24) is 9.71 Å². The van der Waals surface area contributed by atoms with Gasteiger partial charge < -0.3 is 4.42 Å². The Balaban J connectivity index is 2.09. The minimum atomic E-state index is -3.75. The number of nitrogens with one attached hydrogen (secondary N) is 1. The number of carbonyl (C=O) groups is 1. The summed E-state index contributed by atoms with van der Waals surface area (Å²) in [5.74, 6) is -0.0279. The van der Waals surface area contributed by atoms with Gasteiger partial charge in [0.2, 0.25) is 5.09 Å². The summed E-state index contributed by atoms with van der Waals surface area (Å²) < 4.78 is 30.8. The van der Waals surface area contributed by atoms with Crippen LogP contribution in [0.5, 0.6) is 0 Å². The molecule has 0 atom stereocenters. The van der Waals surface area contributed by atoms with Crippen molar-refractivity contribution in [3.05, 3.63) is 34.0 Å². The Kier molecular flexibility index (Phi) is 3.60. The summed E-state index contributed by atoms with van der Waals surface area (Å²) in [7, 11) is -3.75. The molecule has 0 bridgehead atoms. The average molecular weight is 286 g/mol. The summed E-state index contributed by atoms with van der Waals surface area (Å²) in [5.41, 5.74) is 0.642. The fraction of sp³-hybridized carbons (Fsp3) is 0.200. The van der Waals surface area contributed by atoms with Crippen LogP contribution < -0.4 is 4.72 Å². The van der Waals surface area contributed by atoms with E-state index in [-0.39, 0.29) is 17.4 Å². The maximum absolute atomic E-state index is 11.8. The van der Waals surface area contributed by atoms with E-state index < -0.39 is 10.0 Å². The number of hydrogen-bond acceptors (Lipinski definition) is 6. The number of sulfonamides is 1. The minimum absolute atomic E-state index is 0.0279. The van der Waals surface area contributed by atoms with Gasteiger partial charge in [0.25, 0.3) is 10.0 Å². The van der Waals surface area contributed by atoms with E-state index in [1.807, 2.05) is 6.92 Å². The molecule has 0 aromatic carbocycles. The molecule has 0 radical (unpaired) electrons. The van der Waals surface area contributed by atoms with Crippen LogP contribution >= 0.6 is 11.3 Å². The van der Waals surface area contributed by atoms with Crippen LogP contribution in [-0.2, 0) is 16.6 Å². The van der Waals surface area contributed by atoms with E-state index in [1.54, 1.807) is 5.38 Å². The molecule has 8 heteroatoms. The van der Waals surface area contributed by atoms with Crippen molar-refractivity contribution in [2.24, 2.45) is 0 Å².